The van der Waals surface area contributed by atoms with Crippen molar-refractivity contribution in [3.05, 3.63) is 52.3 Å². The number of sulfone groups is 1. The second kappa shape index (κ2) is 7.40. The molecule has 0 fully saturated rings. The lowest BCUT2D eigenvalue weighted by atomic mass is 9.86. The summed E-state index contributed by atoms with van der Waals surface area (Å²) in [5, 5.41) is 4.79. The van der Waals surface area contributed by atoms with Crippen LogP contribution in [0.25, 0.3) is 0 Å². The van der Waals surface area contributed by atoms with E-state index in [1.54, 1.807) is 22.8 Å². The van der Waals surface area contributed by atoms with Gasteiger partial charge in [0.05, 0.1) is 17.6 Å². The van der Waals surface area contributed by atoms with E-state index >= 15 is 0 Å². The number of hydrogen-bond acceptors (Lipinski definition) is 4. The Bertz CT molecular complexity index is 924. The monoisotopic (exact) mass is 395 g/mol. The average Bonchev–Trinajstić information content (AvgIpc) is 2.88. The van der Waals surface area contributed by atoms with Crippen LogP contribution in [-0.2, 0) is 34.6 Å². The molecule has 140 valence electrons. The molecule has 1 atom stereocenters. The van der Waals surface area contributed by atoms with E-state index in [0.29, 0.717) is 10.7 Å². The molecule has 1 aliphatic carbocycles. The molecule has 0 spiro atoms. The van der Waals surface area contributed by atoms with Crippen molar-refractivity contribution >= 4 is 27.3 Å². The van der Waals surface area contributed by atoms with Crippen molar-refractivity contribution < 1.29 is 13.2 Å². The van der Waals surface area contributed by atoms with Gasteiger partial charge >= 0.3 is 0 Å². The van der Waals surface area contributed by atoms with Crippen LogP contribution in [0.4, 0.5) is 0 Å². The number of amides is 1. The zero-order chi connectivity index (χ0) is 18.9. The van der Waals surface area contributed by atoms with Crippen molar-refractivity contribution in [2.45, 2.75) is 31.8 Å². The van der Waals surface area contributed by atoms with Gasteiger partial charge in [0.2, 0.25) is 5.91 Å². The highest BCUT2D eigenvalue weighted by molar-refractivity contribution is 7.91. The van der Waals surface area contributed by atoms with E-state index < -0.39 is 21.5 Å². The molecule has 1 aromatic heterocycles. The van der Waals surface area contributed by atoms with Crippen LogP contribution < -0.4 is 0 Å². The summed E-state index contributed by atoms with van der Waals surface area (Å²) in [6, 6.07) is 7.84. The Hall–Kier alpha value is -1.86. The van der Waals surface area contributed by atoms with Crippen molar-refractivity contribution in [2.24, 2.45) is 7.05 Å². The van der Waals surface area contributed by atoms with Crippen LogP contribution in [0.1, 0.15) is 35.7 Å². The van der Waals surface area contributed by atoms with Crippen LogP contribution in [0.15, 0.2) is 30.5 Å². The van der Waals surface area contributed by atoms with Gasteiger partial charge in [-0.15, -0.1) is 0 Å². The van der Waals surface area contributed by atoms with Gasteiger partial charge in [0.25, 0.3) is 0 Å². The normalized spacial score (nSPS) is 17.0. The van der Waals surface area contributed by atoms with Crippen LogP contribution in [0.3, 0.4) is 0 Å². The smallest absolute Gasteiger partial charge is 0.238 e. The Labute approximate surface area is 158 Å². The molecule has 0 saturated carbocycles. The van der Waals surface area contributed by atoms with Crippen molar-refractivity contribution in [1.29, 1.82) is 0 Å². The van der Waals surface area contributed by atoms with Gasteiger partial charge in [-0.1, -0.05) is 35.9 Å². The maximum Gasteiger partial charge on any atom is 0.238 e. The molecular weight excluding hydrogens is 374 g/mol. The molecule has 6 nitrogen and oxygen atoms in total. The van der Waals surface area contributed by atoms with E-state index in [-0.39, 0.29) is 12.6 Å². The minimum atomic E-state index is -3.43. The third-order valence-electron chi connectivity index (χ3n) is 4.59. The van der Waals surface area contributed by atoms with E-state index in [4.69, 9.17) is 11.6 Å². The quantitative estimate of drug-likeness (QED) is 0.779. The number of benzene rings is 1. The van der Waals surface area contributed by atoms with Crippen molar-refractivity contribution in [3.8, 4) is 0 Å². The third kappa shape index (κ3) is 4.27. The first kappa shape index (κ1) is 18.9. The number of fused-ring (bicyclic) bond motifs is 1. The molecular formula is C18H22ClN3O3S. The Kier molecular flexibility index (Phi) is 5.39. The molecule has 26 heavy (non-hydrogen) atoms. The minimum absolute atomic E-state index is 0.174. The molecule has 0 radical (unpaired) electrons. The van der Waals surface area contributed by atoms with Gasteiger partial charge in [0.1, 0.15) is 11.4 Å². The second-order valence-corrected chi connectivity index (χ2v) is 9.34. The summed E-state index contributed by atoms with van der Waals surface area (Å²) in [6.07, 6.45) is 5.44. The first-order valence-corrected chi connectivity index (χ1v) is 10.9. The Morgan fingerprint density at radius 2 is 2.12 bits per heavy atom. The average molecular weight is 396 g/mol. The fourth-order valence-corrected chi connectivity index (χ4v) is 4.36. The maximum atomic E-state index is 12.9. The van der Waals surface area contributed by atoms with Gasteiger partial charge in [0, 0.05) is 19.5 Å². The number of rotatable bonds is 5. The van der Waals surface area contributed by atoms with Crippen molar-refractivity contribution in [3.63, 3.8) is 0 Å². The van der Waals surface area contributed by atoms with E-state index in [1.165, 1.54) is 5.56 Å². The maximum absolute atomic E-state index is 12.9. The van der Waals surface area contributed by atoms with Gasteiger partial charge in [-0.2, -0.15) is 5.10 Å². The van der Waals surface area contributed by atoms with Gasteiger partial charge < -0.3 is 4.90 Å². The van der Waals surface area contributed by atoms with Gasteiger partial charge in [0.15, 0.2) is 9.84 Å². The molecule has 2 aromatic rings. The fraction of sp³-hybridized carbons (Fsp3) is 0.444. The van der Waals surface area contributed by atoms with E-state index in [9.17, 15) is 13.2 Å². The molecule has 0 unspecified atom stereocenters. The second-order valence-electron chi connectivity index (χ2n) is 6.80. The number of carbonyl (C=O) groups excluding carboxylic acids is 1. The highest BCUT2D eigenvalue weighted by Crippen LogP contribution is 2.35. The molecule has 0 bridgehead atoms. The van der Waals surface area contributed by atoms with E-state index in [2.05, 4.69) is 11.2 Å². The Morgan fingerprint density at radius 1 is 1.38 bits per heavy atom. The predicted octanol–water partition coefficient (Wildman–Crippen LogP) is 2.52. The first-order valence-electron chi connectivity index (χ1n) is 8.47. The van der Waals surface area contributed by atoms with Crippen molar-refractivity contribution in [2.75, 3.05) is 12.0 Å². The van der Waals surface area contributed by atoms with E-state index in [0.717, 1.165) is 31.1 Å². The highest BCUT2D eigenvalue weighted by Gasteiger charge is 2.31. The van der Waals surface area contributed by atoms with Crippen LogP contribution in [-0.4, -0.2) is 41.0 Å². The topological polar surface area (TPSA) is 72.3 Å². The zero-order valence-electron chi connectivity index (χ0n) is 14.9. The minimum Gasteiger partial charge on any atom is -0.329 e. The lowest BCUT2D eigenvalue weighted by molar-refractivity contribution is -0.132. The SMILES string of the molecule is Cn1cc(Cl)c(CN(C(=O)CS(C)(=O)=O)[C@@H]2CCCc3ccccc32)n1. The van der Waals surface area contributed by atoms with Crippen molar-refractivity contribution in [1.82, 2.24) is 14.7 Å². The van der Waals surface area contributed by atoms with Gasteiger partial charge in [-0.25, -0.2) is 8.42 Å². The lowest BCUT2D eigenvalue weighted by Gasteiger charge is -2.35. The molecule has 0 N–H and O–H groups in total. The summed E-state index contributed by atoms with van der Waals surface area (Å²) in [5.74, 6) is -0.938. The largest absolute Gasteiger partial charge is 0.329 e. The molecule has 1 amide bonds. The number of hydrogen-bond donors (Lipinski definition) is 0. The Balaban J connectivity index is 1.98. The summed E-state index contributed by atoms with van der Waals surface area (Å²) in [5.41, 5.74) is 2.85. The lowest BCUT2D eigenvalue weighted by Crippen LogP contribution is -2.39. The fourth-order valence-electron chi connectivity index (χ4n) is 3.51. The van der Waals surface area contributed by atoms with Crippen LogP contribution in [0, 0.1) is 0 Å². The molecule has 0 aliphatic heterocycles. The van der Waals surface area contributed by atoms with E-state index in [1.807, 2.05) is 18.2 Å². The van der Waals surface area contributed by atoms with Crippen LogP contribution in [0.2, 0.25) is 5.02 Å². The van der Waals surface area contributed by atoms with Crippen LogP contribution in [0.5, 0.6) is 0 Å². The van der Waals surface area contributed by atoms with Gasteiger partial charge in [-0.3, -0.25) is 9.48 Å². The van der Waals surface area contributed by atoms with Gasteiger partial charge in [-0.05, 0) is 30.4 Å². The summed E-state index contributed by atoms with van der Waals surface area (Å²) in [6.45, 7) is 0.188. The Morgan fingerprint density at radius 3 is 2.77 bits per heavy atom. The molecule has 1 aliphatic rings. The molecule has 0 saturated heterocycles. The standard InChI is InChI=1S/C18H22ClN3O3S/c1-21-10-15(19)16(20-21)11-22(18(23)12-26(2,24)25)17-9-5-7-13-6-3-4-8-14(13)17/h3-4,6,8,10,17H,5,7,9,11-12H2,1-2H3/t17-/m1/s1. The molecule has 3 rings (SSSR count). The first-order chi connectivity index (χ1) is 12.2. The van der Waals surface area contributed by atoms with Crippen LogP contribution >= 0.6 is 11.6 Å². The summed E-state index contributed by atoms with van der Waals surface area (Å²) in [4.78, 5) is 14.5. The summed E-state index contributed by atoms with van der Waals surface area (Å²) < 4.78 is 25.0. The number of carbonyl (C=O) groups is 1. The highest BCUT2D eigenvalue weighted by atomic mass is 35.5. The summed E-state index contributed by atoms with van der Waals surface area (Å²) >= 11 is 6.23. The number of halogens is 1. The molecule has 1 heterocycles. The number of aromatic nitrogens is 2. The third-order valence-corrected chi connectivity index (χ3v) is 5.68. The summed E-state index contributed by atoms with van der Waals surface area (Å²) in [7, 11) is -1.67. The number of aryl methyl sites for hydroxylation is 2. The molecule has 8 heteroatoms. The molecule has 1 aromatic carbocycles. The zero-order valence-corrected chi connectivity index (χ0v) is 16.4. The predicted molar refractivity (Wildman–Crippen MR) is 101 cm³/mol. The number of nitrogens with zero attached hydrogens (tertiary/aromatic N) is 3.